The fraction of sp³-hybridized carbons (Fsp3) is 0.833. The number of hydrogen-bond donors (Lipinski definition) is 1. The van der Waals surface area contributed by atoms with Crippen LogP contribution in [0.2, 0.25) is 0 Å². The van der Waals surface area contributed by atoms with Crippen LogP contribution < -0.4 is 5.32 Å². The van der Waals surface area contributed by atoms with Crippen LogP contribution in [0.3, 0.4) is 0 Å². The molecule has 0 saturated carbocycles. The molecular formula is C6H10FNO2. The van der Waals surface area contributed by atoms with E-state index in [1.807, 2.05) is 0 Å². The lowest BCUT2D eigenvalue weighted by atomic mass is 10.2. The molecule has 0 aromatic heterocycles. The Morgan fingerprint density at radius 1 is 1.80 bits per heavy atom. The summed E-state index contributed by atoms with van der Waals surface area (Å²) in [5.74, 6) is -0.509. The summed E-state index contributed by atoms with van der Waals surface area (Å²) >= 11 is 0. The second kappa shape index (κ2) is 2.96. The highest BCUT2D eigenvalue weighted by Gasteiger charge is 2.33. The highest BCUT2D eigenvalue weighted by molar-refractivity contribution is 5.76. The third kappa shape index (κ3) is 1.26. The topological polar surface area (TPSA) is 38.3 Å². The summed E-state index contributed by atoms with van der Waals surface area (Å²) in [6, 6.07) is -0.731. The smallest absolute Gasteiger partial charge is 0.325 e. The minimum Gasteiger partial charge on any atom is -0.468 e. The summed E-state index contributed by atoms with van der Waals surface area (Å²) in [5.41, 5.74) is 0. The van der Waals surface area contributed by atoms with E-state index in [1.165, 1.54) is 7.11 Å². The molecule has 1 rings (SSSR count). The van der Waals surface area contributed by atoms with E-state index in [-0.39, 0.29) is 0 Å². The zero-order chi connectivity index (χ0) is 7.56. The zero-order valence-electron chi connectivity index (χ0n) is 5.76. The molecule has 4 heteroatoms. The molecule has 1 fully saturated rings. The Morgan fingerprint density at radius 2 is 2.50 bits per heavy atom. The maximum atomic E-state index is 12.7. The van der Waals surface area contributed by atoms with Gasteiger partial charge >= 0.3 is 5.97 Å². The summed E-state index contributed by atoms with van der Waals surface area (Å²) in [5, 5.41) is 2.71. The molecule has 58 valence electrons. The van der Waals surface area contributed by atoms with Crippen molar-refractivity contribution in [3.05, 3.63) is 0 Å². The predicted molar refractivity (Wildman–Crippen MR) is 33.3 cm³/mol. The molecule has 1 N–H and O–H groups in total. The highest BCUT2D eigenvalue weighted by Crippen LogP contribution is 2.11. The first-order valence-corrected chi connectivity index (χ1v) is 3.21. The summed E-state index contributed by atoms with van der Waals surface area (Å²) < 4.78 is 17.0. The number of alkyl halides is 1. The van der Waals surface area contributed by atoms with Gasteiger partial charge in [0.05, 0.1) is 7.11 Å². The van der Waals surface area contributed by atoms with Crippen molar-refractivity contribution in [2.45, 2.75) is 18.6 Å². The Balaban J connectivity index is 2.46. The normalized spacial score (nSPS) is 32.2. The SMILES string of the molecule is COC(=O)[C@@H]1NCC[C@@H]1F. The van der Waals surface area contributed by atoms with Crippen LogP contribution >= 0.6 is 0 Å². The van der Waals surface area contributed by atoms with Gasteiger partial charge in [0.1, 0.15) is 12.2 Å². The molecular weight excluding hydrogens is 137 g/mol. The van der Waals surface area contributed by atoms with Gasteiger partial charge in [-0.25, -0.2) is 4.39 Å². The Labute approximate surface area is 58.5 Å². The van der Waals surface area contributed by atoms with Crippen LogP contribution in [0.1, 0.15) is 6.42 Å². The zero-order valence-corrected chi connectivity index (χ0v) is 5.76. The van der Waals surface area contributed by atoms with Gasteiger partial charge in [0.25, 0.3) is 0 Å². The molecule has 0 amide bonds. The van der Waals surface area contributed by atoms with Crippen LogP contribution in [0, 0.1) is 0 Å². The fourth-order valence-corrected chi connectivity index (χ4v) is 1.03. The number of ether oxygens (including phenoxy) is 1. The van der Waals surface area contributed by atoms with Gasteiger partial charge in [-0.2, -0.15) is 0 Å². The first kappa shape index (κ1) is 7.47. The van der Waals surface area contributed by atoms with Crippen molar-refractivity contribution >= 4 is 5.97 Å². The molecule has 1 heterocycles. The monoisotopic (exact) mass is 147 g/mol. The van der Waals surface area contributed by atoms with Crippen molar-refractivity contribution < 1.29 is 13.9 Å². The van der Waals surface area contributed by atoms with Crippen molar-refractivity contribution in [2.75, 3.05) is 13.7 Å². The average molecular weight is 147 g/mol. The lowest BCUT2D eigenvalue weighted by Gasteiger charge is -2.08. The molecule has 0 aromatic rings. The second-order valence-corrected chi connectivity index (χ2v) is 2.26. The van der Waals surface area contributed by atoms with E-state index < -0.39 is 18.2 Å². The molecule has 0 radical (unpaired) electrons. The lowest BCUT2D eigenvalue weighted by Crippen LogP contribution is -2.37. The van der Waals surface area contributed by atoms with Crippen molar-refractivity contribution in [3.8, 4) is 0 Å². The Kier molecular flexibility index (Phi) is 2.21. The lowest BCUT2D eigenvalue weighted by molar-refractivity contribution is -0.143. The highest BCUT2D eigenvalue weighted by atomic mass is 19.1. The van der Waals surface area contributed by atoms with E-state index in [4.69, 9.17) is 0 Å². The van der Waals surface area contributed by atoms with Crippen molar-refractivity contribution in [2.24, 2.45) is 0 Å². The van der Waals surface area contributed by atoms with E-state index in [0.29, 0.717) is 13.0 Å². The molecule has 2 atom stereocenters. The average Bonchev–Trinajstić information content (AvgIpc) is 2.34. The van der Waals surface area contributed by atoms with Crippen molar-refractivity contribution in [1.82, 2.24) is 5.32 Å². The maximum absolute atomic E-state index is 12.7. The molecule has 3 nitrogen and oxygen atoms in total. The van der Waals surface area contributed by atoms with Crippen LogP contribution in [0.25, 0.3) is 0 Å². The van der Waals surface area contributed by atoms with E-state index in [2.05, 4.69) is 10.1 Å². The summed E-state index contributed by atoms with van der Waals surface area (Å²) in [6.45, 7) is 0.556. The Morgan fingerprint density at radius 3 is 2.90 bits per heavy atom. The Hall–Kier alpha value is -0.640. The van der Waals surface area contributed by atoms with Gasteiger partial charge in [-0.1, -0.05) is 0 Å². The third-order valence-electron chi connectivity index (χ3n) is 1.60. The summed E-state index contributed by atoms with van der Waals surface area (Å²) in [4.78, 5) is 10.7. The molecule has 0 spiro atoms. The summed E-state index contributed by atoms with van der Waals surface area (Å²) in [7, 11) is 1.26. The maximum Gasteiger partial charge on any atom is 0.325 e. The van der Waals surface area contributed by atoms with Crippen LogP contribution in [0.4, 0.5) is 4.39 Å². The minimum atomic E-state index is -1.08. The van der Waals surface area contributed by atoms with E-state index >= 15 is 0 Å². The summed E-state index contributed by atoms with van der Waals surface area (Å²) in [6.07, 6.45) is -0.674. The number of hydrogen-bond acceptors (Lipinski definition) is 3. The van der Waals surface area contributed by atoms with Gasteiger partial charge in [0.2, 0.25) is 0 Å². The standard InChI is InChI=1S/C6H10FNO2/c1-10-6(9)5-4(7)2-3-8-5/h4-5,8H,2-3H2,1H3/t4-,5+/m0/s1. The molecule has 1 saturated heterocycles. The van der Waals surface area contributed by atoms with Crippen molar-refractivity contribution in [3.63, 3.8) is 0 Å². The van der Waals surface area contributed by atoms with E-state index in [9.17, 15) is 9.18 Å². The van der Waals surface area contributed by atoms with Gasteiger partial charge in [0, 0.05) is 0 Å². The largest absolute Gasteiger partial charge is 0.468 e. The molecule has 0 aromatic carbocycles. The van der Waals surface area contributed by atoms with E-state index in [1.54, 1.807) is 0 Å². The molecule has 1 aliphatic heterocycles. The fourth-order valence-electron chi connectivity index (χ4n) is 1.03. The van der Waals surface area contributed by atoms with Crippen LogP contribution in [0.5, 0.6) is 0 Å². The first-order chi connectivity index (χ1) is 4.75. The minimum absolute atomic E-state index is 0.403. The van der Waals surface area contributed by atoms with Crippen LogP contribution in [-0.2, 0) is 9.53 Å². The van der Waals surface area contributed by atoms with Gasteiger partial charge in [-0.3, -0.25) is 4.79 Å². The molecule has 10 heavy (non-hydrogen) atoms. The Bertz CT molecular complexity index is 140. The molecule has 0 bridgehead atoms. The number of esters is 1. The number of carbonyl (C=O) groups excluding carboxylic acids is 1. The van der Waals surface area contributed by atoms with Gasteiger partial charge in [0.15, 0.2) is 0 Å². The number of methoxy groups -OCH3 is 1. The molecule has 0 aliphatic carbocycles. The first-order valence-electron chi connectivity index (χ1n) is 3.21. The molecule has 1 aliphatic rings. The second-order valence-electron chi connectivity index (χ2n) is 2.26. The quantitative estimate of drug-likeness (QED) is 0.524. The number of rotatable bonds is 1. The number of carbonyl (C=O) groups is 1. The van der Waals surface area contributed by atoms with Gasteiger partial charge < -0.3 is 10.1 Å². The molecule has 0 unspecified atom stereocenters. The third-order valence-corrected chi connectivity index (χ3v) is 1.60. The predicted octanol–water partition coefficient (Wildman–Crippen LogP) is -0.141. The number of nitrogens with one attached hydrogen (secondary N) is 1. The van der Waals surface area contributed by atoms with Gasteiger partial charge in [-0.15, -0.1) is 0 Å². The van der Waals surface area contributed by atoms with E-state index in [0.717, 1.165) is 0 Å². The van der Waals surface area contributed by atoms with Crippen molar-refractivity contribution in [1.29, 1.82) is 0 Å². The number of halogens is 1. The van der Waals surface area contributed by atoms with Crippen LogP contribution in [0.15, 0.2) is 0 Å². The van der Waals surface area contributed by atoms with Crippen LogP contribution in [-0.4, -0.2) is 31.8 Å². The van der Waals surface area contributed by atoms with Gasteiger partial charge in [-0.05, 0) is 13.0 Å².